The number of unbranched alkanes of at least 4 members (excludes halogenated alkanes) is 5. The summed E-state index contributed by atoms with van der Waals surface area (Å²) >= 11 is 0. The number of allylic oxidation sites excluding steroid dienone is 1. The smallest absolute Gasteiger partial charge is 0.220 e. The van der Waals surface area contributed by atoms with Crippen LogP contribution >= 0.6 is 0 Å². The summed E-state index contributed by atoms with van der Waals surface area (Å²) in [5.41, 5.74) is 0. The number of aliphatic hydroxyl groups is 1. The zero-order valence-electron chi connectivity index (χ0n) is 19.6. The van der Waals surface area contributed by atoms with Crippen LogP contribution in [0.15, 0.2) is 12.2 Å². The summed E-state index contributed by atoms with van der Waals surface area (Å²) in [5.74, 6) is -1.10. The van der Waals surface area contributed by atoms with Crippen molar-refractivity contribution in [3.8, 4) is 0 Å². The van der Waals surface area contributed by atoms with E-state index in [1.807, 2.05) is 6.08 Å². The van der Waals surface area contributed by atoms with E-state index >= 15 is 0 Å². The molecule has 1 rings (SSSR count). The normalized spacial score (nSPS) is 21.0. The Kier molecular flexibility index (Phi) is 13.4. The lowest BCUT2D eigenvalue weighted by molar-refractivity contribution is -0.309. The van der Waals surface area contributed by atoms with Crippen molar-refractivity contribution < 1.29 is 24.6 Å². The van der Waals surface area contributed by atoms with Gasteiger partial charge >= 0.3 is 0 Å². The van der Waals surface area contributed by atoms with E-state index in [2.05, 4.69) is 18.3 Å². The lowest BCUT2D eigenvalue weighted by Crippen LogP contribution is -2.50. The number of carboxylic acid groups (broad SMARTS) is 1. The third-order valence-corrected chi connectivity index (χ3v) is 6.24. The second-order valence-corrected chi connectivity index (χ2v) is 9.28. The van der Waals surface area contributed by atoms with Crippen LogP contribution in [0.2, 0.25) is 0 Å². The molecule has 0 unspecified atom stereocenters. The number of carbonyl (C=O) groups is 3. The van der Waals surface area contributed by atoms with Gasteiger partial charge in [-0.3, -0.25) is 9.59 Å². The standard InChI is InChI=1S/C25H43NO5/c1-4-5-8-11-20(27)16-14-19-15-17-22(28)21(19)12-9-6-7-10-13-23(29)26-24(18(2)3)25(30)31/h14,16,18-21,24,27H,4-13,15,17H2,1-3H3,(H,26,29)(H,30,31)/p-1/b16-14+/t19-,20-,21+,24-/m0/s1. The molecule has 1 fully saturated rings. The Morgan fingerprint density at radius 2 is 1.87 bits per heavy atom. The summed E-state index contributed by atoms with van der Waals surface area (Å²) in [6.07, 6.45) is 13.7. The van der Waals surface area contributed by atoms with Gasteiger partial charge in [0, 0.05) is 18.8 Å². The monoisotopic (exact) mass is 436 g/mol. The highest BCUT2D eigenvalue weighted by Gasteiger charge is 2.32. The maximum Gasteiger partial charge on any atom is 0.220 e. The molecule has 0 bridgehead atoms. The highest BCUT2D eigenvalue weighted by Crippen LogP contribution is 2.34. The molecule has 0 spiro atoms. The molecule has 6 heteroatoms. The van der Waals surface area contributed by atoms with Crippen molar-refractivity contribution in [2.45, 2.75) is 110 Å². The summed E-state index contributed by atoms with van der Waals surface area (Å²) in [7, 11) is 0. The van der Waals surface area contributed by atoms with Gasteiger partial charge in [-0.1, -0.05) is 71.4 Å². The van der Waals surface area contributed by atoms with Gasteiger partial charge in [0.1, 0.15) is 5.78 Å². The molecule has 0 saturated heterocycles. The molecule has 31 heavy (non-hydrogen) atoms. The third kappa shape index (κ3) is 10.9. The Hall–Kier alpha value is -1.69. The lowest BCUT2D eigenvalue weighted by atomic mass is 9.89. The first kappa shape index (κ1) is 27.3. The third-order valence-electron chi connectivity index (χ3n) is 6.24. The predicted molar refractivity (Wildman–Crippen MR) is 120 cm³/mol. The number of rotatable bonds is 16. The second-order valence-electron chi connectivity index (χ2n) is 9.28. The summed E-state index contributed by atoms with van der Waals surface area (Å²) < 4.78 is 0. The summed E-state index contributed by atoms with van der Waals surface area (Å²) in [6.45, 7) is 5.62. The molecule has 0 aliphatic heterocycles. The number of hydrogen-bond acceptors (Lipinski definition) is 5. The fourth-order valence-electron chi connectivity index (χ4n) is 4.26. The number of Topliss-reactive ketones (excluding diaryl/α,β-unsaturated/α-hetero) is 1. The number of carboxylic acids is 1. The predicted octanol–water partition coefficient (Wildman–Crippen LogP) is 3.31. The first-order chi connectivity index (χ1) is 14.8. The van der Waals surface area contributed by atoms with E-state index in [1.165, 1.54) is 0 Å². The van der Waals surface area contributed by atoms with Gasteiger partial charge in [-0.05, 0) is 37.5 Å². The van der Waals surface area contributed by atoms with Gasteiger partial charge in [0.2, 0.25) is 5.91 Å². The Morgan fingerprint density at radius 1 is 1.16 bits per heavy atom. The molecule has 0 aromatic rings. The van der Waals surface area contributed by atoms with E-state index in [0.29, 0.717) is 25.0 Å². The number of hydrogen-bond donors (Lipinski definition) is 2. The van der Waals surface area contributed by atoms with Crippen LogP contribution in [0.5, 0.6) is 0 Å². The number of carbonyl (C=O) groups excluding carboxylic acids is 3. The van der Waals surface area contributed by atoms with Crippen LogP contribution in [0.4, 0.5) is 0 Å². The average molecular weight is 437 g/mol. The molecule has 2 N–H and O–H groups in total. The lowest BCUT2D eigenvalue weighted by Gasteiger charge is -2.23. The van der Waals surface area contributed by atoms with Crippen molar-refractivity contribution in [3.63, 3.8) is 0 Å². The van der Waals surface area contributed by atoms with E-state index in [4.69, 9.17) is 0 Å². The zero-order chi connectivity index (χ0) is 23.2. The molecule has 1 amide bonds. The minimum atomic E-state index is -1.25. The first-order valence-corrected chi connectivity index (χ1v) is 12.2. The van der Waals surface area contributed by atoms with Crippen molar-refractivity contribution in [1.82, 2.24) is 5.32 Å². The number of aliphatic carboxylic acids is 1. The zero-order valence-corrected chi connectivity index (χ0v) is 19.6. The SMILES string of the molecule is CCCCC[C@H](O)/C=C/[C@H]1CCC(=O)[C@@H]1CCCCCCC(=O)N[C@H](C(=O)[O-])C(C)C. The minimum Gasteiger partial charge on any atom is -0.548 e. The summed E-state index contributed by atoms with van der Waals surface area (Å²) in [4.78, 5) is 35.2. The molecule has 0 aromatic heterocycles. The average Bonchev–Trinajstić information content (AvgIpc) is 3.06. The van der Waals surface area contributed by atoms with Gasteiger partial charge in [0.05, 0.1) is 18.1 Å². The van der Waals surface area contributed by atoms with Gasteiger partial charge in [0.25, 0.3) is 0 Å². The molecular formula is C25H42NO5-. The molecule has 0 heterocycles. The largest absolute Gasteiger partial charge is 0.548 e. The van der Waals surface area contributed by atoms with Crippen LogP contribution in [0.25, 0.3) is 0 Å². The van der Waals surface area contributed by atoms with E-state index in [-0.39, 0.29) is 23.7 Å². The molecule has 0 radical (unpaired) electrons. The molecule has 6 nitrogen and oxygen atoms in total. The van der Waals surface area contributed by atoms with Crippen molar-refractivity contribution in [2.75, 3.05) is 0 Å². The van der Waals surface area contributed by atoms with Gasteiger partial charge in [-0.25, -0.2) is 0 Å². The van der Waals surface area contributed by atoms with E-state index in [0.717, 1.165) is 57.8 Å². The van der Waals surface area contributed by atoms with Crippen LogP contribution in [0, 0.1) is 17.8 Å². The van der Waals surface area contributed by atoms with Gasteiger partial charge in [-0.15, -0.1) is 0 Å². The first-order valence-electron chi connectivity index (χ1n) is 12.2. The van der Waals surface area contributed by atoms with Crippen molar-refractivity contribution in [2.24, 2.45) is 17.8 Å². The number of amides is 1. The molecule has 4 atom stereocenters. The molecule has 1 saturated carbocycles. The van der Waals surface area contributed by atoms with Crippen LogP contribution in [-0.2, 0) is 14.4 Å². The Balaban J connectivity index is 2.27. The van der Waals surface area contributed by atoms with Gasteiger partial charge in [-0.2, -0.15) is 0 Å². The summed E-state index contributed by atoms with van der Waals surface area (Å²) in [6, 6.07) is -0.948. The highest BCUT2D eigenvalue weighted by molar-refractivity contribution is 5.84. The van der Waals surface area contributed by atoms with E-state index in [1.54, 1.807) is 13.8 Å². The molecule has 178 valence electrons. The molecule has 1 aliphatic rings. The Morgan fingerprint density at radius 3 is 2.52 bits per heavy atom. The van der Waals surface area contributed by atoms with Gasteiger partial charge < -0.3 is 20.3 Å². The molecular weight excluding hydrogens is 394 g/mol. The highest BCUT2D eigenvalue weighted by atomic mass is 16.4. The van der Waals surface area contributed by atoms with E-state index in [9.17, 15) is 24.6 Å². The van der Waals surface area contributed by atoms with Crippen LogP contribution in [-0.4, -0.2) is 34.9 Å². The minimum absolute atomic E-state index is 0.0530. The fraction of sp³-hybridized carbons (Fsp3) is 0.800. The van der Waals surface area contributed by atoms with Crippen LogP contribution in [0.3, 0.4) is 0 Å². The van der Waals surface area contributed by atoms with Crippen molar-refractivity contribution in [3.05, 3.63) is 12.2 Å². The maximum absolute atomic E-state index is 12.3. The van der Waals surface area contributed by atoms with Crippen molar-refractivity contribution in [1.29, 1.82) is 0 Å². The quantitative estimate of drug-likeness (QED) is 0.285. The molecule has 1 aliphatic carbocycles. The summed E-state index contributed by atoms with van der Waals surface area (Å²) in [5, 5.41) is 23.7. The topological polar surface area (TPSA) is 107 Å². The Labute approximate surface area is 187 Å². The number of ketones is 1. The van der Waals surface area contributed by atoms with Crippen LogP contribution < -0.4 is 10.4 Å². The van der Waals surface area contributed by atoms with Crippen molar-refractivity contribution >= 4 is 17.7 Å². The fourth-order valence-corrected chi connectivity index (χ4v) is 4.26. The number of nitrogens with one attached hydrogen (secondary N) is 1. The maximum atomic E-state index is 12.3. The second kappa shape index (κ2) is 15.2. The number of aliphatic hydroxyl groups excluding tert-OH is 1. The van der Waals surface area contributed by atoms with Crippen LogP contribution in [0.1, 0.15) is 97.8 Å². The van der Waals surface area contributed by atoms with Gasteiger partial charge in [0.15, 0.2) is 0 Å². The van der Waals surface area contributed by atoms with E-state index < -0.39 is 18.1 Å². The molecule has 0 aromatic carbocycles. The Bertz CT molecular complexity index is 586.